The lowest BCUT2D eigenvalue weighted by Gasteiger charge is -2.19. The molecule has 0 bridgehead atoms. The topological polar surface area (TPSA) is 35.5 Å². The summed E-state index contributed by atoms with van der Waals surface area (Å²) < 4.78 is 10.7. The minimum Gasteiger partial charge on any atom is -0.486 e. The van der Waals surface area contributed by atoms with E-state index in [2.05, 4.69) is 0 Å². The third-order valence-electron chi connectivity index (χ3n) is 2.10. The van der Waals surface area contributed by atoms with Crippen molar-refractivity contribution < 1.29 is 14.3 Å². The first-order valence-corrected chi connectivity index (χ1v) is 4.66. The Hall–Kier alpha value is -1.22. The molecule has 0 aromatic heterocycles. The van der Waals surface area contributed by atoms with Crippen LogP contribution in [-0.2, 0) is 0 Å². The molecule has 14 heavy (non-hydrogen) atoms. The lowest BCUT2D eigenvalue weighted by molar-refractivity contribution is 0.107. The van der Waals surface area contributed by atoms with Gasteiger partial charge in [0, 0.05) is 5.56 Å². The molecule has 0 aliphatic carbocycles. The maximum atomic E-state index is 11.0. The summed E-state index contributed by atoms with van der Waals surface area (Å²) in [7, 11) is 0. The minimum absolute atomic E-state index is 0.468. The van der Waals surface area contributed by atoms with Crippen molar-refractivity contribution in [3.05, 3.63) is 23.3 Å². The van der Waals surface area contributed by atoms with Gasteiger partial charge in [0.05, 0.1) is 0 Å². The number of aryl methyl sites for hydroxylation is 1. The largest absolute Gasteiger partial charge is 0.486 e. The van der Waals surface area contributed by atoms with Crippen LogP contribution in [0.5, 0.6) is 11.5 Å². The van der Waals surface area contributed by atoms with E-state index < -0.39 is 5.24 Å². The molecule has 4 heteroatoms. The predicted molar refractivity (Wildman–Crippen MR) is 52.4 cm³/mol. The van der Waals surface area contributed by atoms with Crippen LogP contribution in [0.2, 0.25) is 0 Å². The van der Waals surface area contributed by atoms with E-state index >= 15 is 0 Å². The van der Waals surface area contributed by atoms with E-state index in [1.54, 1.807) is 12.1 Å². The van der Waals surface area contributed by atoms with E-state index in [1.807, 2.05) is 6.92 Å². The molecule has 0 unspecified atom stereocenters. The summed E-state index contributed by atoms with van der Waals surface area (Å²) in [6.45, 7) is 2.86. The maximum absolute atomic E-state index is 11.0. The van der Waals surface area contributed by atoms with E-state index in [0.29, 0.717) is 30.3 Å². The minimum atomic E-state index is -0.473. The van der Waals surface area contributed by atoms with Crippen LogP contribution in [0.25, 0.3) is 0 Å². The van der Waals surface area contributed by atoms with Crippen molar-refractivity contribution >= 4 is 16.8 Å². The standard InChI is InChI=1S/C10H9ClO3/c1-6-4-8-9(14-3-2-13-8)5-7(6)10(11)12/h4-5H,2-3H2,1H3. The summed E-state index contributed by atoms with van der Waals surface area (Å²) >= 11 is 5.42. The number of hydrogen-bond acceptors (Lipinski definition) is 3. The monoisotopic (exact) mass is 212 g/mol. The van der Waals surface area contributed by atoms with Gasteiger partial charge in [-0.3, -0.25) is 4.79 Å². The van der Waals surface area contributed by atoms with Gasteiger partial charge in [-0.15, -0.1) is 0 Å². The fourth-order valence-corrected chi connectivity index (χ4v) is 1.61. The Morgan fingerprint density at radius 1 is 1.29 bits per heavy atom. The molecule has 0 amide bonds. The number of rotatable bonds is 1. The van der Waals surface area contributed by atoms with Gasteiger partial charge in [-0.2, -0.15) is 0 Å². The van der Waals surface area contributed by atoms with Gasteiger partial charge < -0.3 is 9.47 Å². The van der Waals surface area contributed by atoms with Crippen molar-refractivity contribution in [2.75, 3.05) is 13.2 Å². The predicted octanol–water partition coefficient (Wildman–Crippen LogP) is 2.15. The number of ether oxygens (including phenoxy) is 2. The van der Waals surface area contributed by atoms with Crippen LogP contribution in [0.1, 0.15) is 15.9 Å². The number of hydrogen-bond donors (Lipinski definition) is 0. The molecular formula is C10H9ClO3. The molecule has 3 nitrogen and oxygen atoms in total. The van der Waals surface area contributed by atoms with Gasteiger partial charge in [0.2, 0.25) is 0 Å². The molecule has 0 N–H and O–H groups in total. The lowest BCUT2D eigenvalue weighted by atomic mass is 10.1. The molecule has 1 heterocycles. The van der Waals surface area contributed by atoms with Crippen LogP contribution in [0.4, 0.5) is 0 Å². The van der Waals surface area contributed by atoms with Gasteiger partial charge in [0.1, 0.15) is 13.2 Å². The van der Waals surface area contributed by atoms with Crippen LogP contribution in [0.15, 0.2) is 12.1 Å². The molecule has 74 valence electrons. The normalized spacial score (nSPS) is 13.9. The van der Waals surface area contributed by atoms with Crippen molar-refractivity contribution in [3.63, 3.8) is 0 Å². The molecule has 0 atom stereocenters. The Morgan fingerprint density at radius 3 is 2.43 bits per heavy atom. The second kappa shape index (κ2) is 3.50. The van der Waals surface area contributed by atoms with Gasteiger partial charge in [-0.05, 0) is 36.2 Å². The van der Waals surface area contributed by atoms with Crippen LogP contribution >= 0.6 is 11.6 Å². The molecular weight excluding hydrogens is 204 g/mol. The molecule has 1 aromatic carbocycles. The number of carbonyl (C=O) groups is 1. The van der Waals surface area contributed by atoms with Gasteiger partial charge in [-0.25, -0.2) is 0 Å². The Balaban J connectivity index is 2.50. The highest BCUT2D eigenvalue weighted by Crippen LogP contribution is 2.33. The van der Waals surface area contributed by atoms with Gasteiger partial charge in [0.15, 0.2) is 11.5 Å². The zero-order chi connectivity index (χ0) is 10.1. The fourth-order valence-electron chi connectivity index (χ4n) is 1.40. The fraction of sp³-hybridized carbons (Fsp3) is 0.300. The van der Waals surface area contributed by atoms with E-state index in [-0.39, 0.29) is 0 Å². The second-order valence-electron chi connectivity index (χ2n) is 3.08. The Morgan fingerprint density at radius 2 is 1.86 bits per heavy atom. The van der Waals surface area contributed by atoms with E-state index in [4.69, 9.17) is 21.1 Å². The number of halogens is 1. The van der Waals surface area contributed by atoms with E-state index in [0.717, 1.165) is 5.56 Å². The summed E-state index contributed by atoms with van der Waals surface area (Å²) in [6, 6.07) is 3.39. The molecule has 0 saturated heterocycles. The highest BCUT2D eigenvalue weighted by molar-refractivity contribution is 6.67. The van der Waals surface area contributed by atoms with Crippen LogP contribution < -0.4 is 9.47 Å². The Kier molecular flexibility index (Phi) is 2.33. The van der Waals surface area contributed by atoms with Crippen LogP contribution in [0, 0.1) is 6.92 Å². The zero-order valence-electron chi connectivity index (χ0n) is 7.67. The number of fused-ring (bicyclic) bond motifs is 1. The van der Waals surface area contributed by atoms with Gasteiger partial charge in [0.25, 0.3) is 5.24 Å². The molecule has 0 spiro atoms. The van der Waals surface area contributed by atoms with Crippen LogP contribution in [-0.4, -0.2) is 18.5 Å². The van der Waals surface area contributed by atoms with Crippen molar-refractivity contribution in [1.82, 2.24) is 0 Å². The first-order valence-electron chi connectivity index (χ1n) is 4.28. The van der Waals surface area contributed by atoms with Crippen LogP contribution in [0.3, 0.4) is 0 Å². The smallest absolute Gasteiger partial charge is 0.252 e. The first kappa shape index (κ1) is 9.34. The van der Waals surface area contributed by atoms with Crippen molar-refractivity contribution in [2.24, 2.45) is 0 Å². The number of benzene rings is 1. The molecule has 0 saturated carbocycles. The number of carbonyl (C=O) groups excluding carboxylic acids is 1. The Bertz CT molecular complexity index is 387. The lowest BCUT2D eigenvalue weighted by Crippen LogP contribution is -2.16. The van der Waals surface area contributed by atoms with Gasteiger partial charge >= 0.3 is 0 Å². The molecule has 0 fully saturated rings. The molecule has 0 radical (unpaired) electrons. The van der Waals surface area contributed by atoms with Crippen molar-refractivity contribution in [1.29, 1.82) is 0 Å². The molecule has 2 rings (SSSR count). The first-order chi connectivity index (χ1) is 6.68. The summed E-state index contributed by atoms with van der Waals surface area (Å²) in [6.07, 6.45) is 0. The molecule has 1 aliphatic rings. The van der Waals surface area contributed by atoms with Gasteiger partial charge in [-0.1, -0.05) is 0 Å². The third kappa shape index (κ3) is 1.55. The average Bonchev–Trinajstić information content (AvgIpc) is 2.16. The van der Waals surface area contributed by atoms with E-state index in [9.17, 15) is 4.79 Å². The summed E-state index contributed by atoms with van der Waals surface area (Å²) in [5.74, 6) is 1.27. The van der Waals surface area contributed by atoms with Crippen molar-refractivity contribution in [2.45, 2.75) is 6.92 Å². The molecule has 1 aromatic rings. The average molecular weight is 213 g/mol. The SMILES string of the molecule is Cc1cc2c(cc1C(=O)Cl)OCCO2. The maximum Gasteiger partial charge on any atom is 0.252 e. The summed E-state index contributed by atoms with van der Waals surface area (Å²) in [4.78, 5) is 11.0. The Labute approximate surface area is 86.6 Å². The summed E-state index contributed by atoms with van der Waals surface area (Å²) in [5, 5.41) is -0.473. The van der Waals surface area contributed by atoms with E-state index in [1.165, 1.54) is 0 Å². The molecule has 1 aliphatic heterocycles. The highest BCUT2D eigenvalue weighted by Gasteiger charge is 2.16. The zero-order valence-corrected chi connectivity index (χ0v) is 8.43. The quantitative estimate of drug-likeness (QED) is 0.670. The second-order valence-corrected chi connectivity index (χ2v) is 3.43. The third-order valence-corrected chi connectivity index (χ3v) is 2.30. The highest BCUT2D eigenvalue weighted by atomic mass is 35.5. The summed E-state index contributed by atoms with van der Waals surface area (Å²) in [5.41, 5.74) is 1.27. The van der Waals surface area contributed by atoms with Crippen molar-refractivity contribution in [3.8, 4) is 11.5 Å².